The number of nitrogens with one attached hydrogen (secondary N) is 2. The second kappa shape index (κ2) is 8.00. The molecule has 0 saturated heterocycles. The van der Waals surface area contributed by atoms with E-state index >= 15 is 0 Å². The second-order valence-electron chi connectivity index (χ2n) is 5.11. The van der Waals surface area contributed by atoms with Gasteiger partial charge in [-0.1, -0.05) is 33.6 Å². The SMILES string of the molecule is O=C(N/N=C/c1cccn1-c1ccc(Br)cc1)Nc1cccc(Cl)c1. The molecule has 0 fully saturated rings. The molecule has 7 heteroatoms. The number of carbonyl (C=O) groups excluding carboxylic acids is 1. The number of hydrogen-bond acceptors (Lipinski definition) is 2. The number of amides is 2. The van der Waals surface area contributed by atoms with E-state index in [1.807, 2.05) is 47.2 Å². The van der Waals surface area contributed by atoms with Crippen LogP contribution in [0.1, 0.15) is 5.69 Å². The van der Waals surface area contributed by atoms with Gasteiger partial charge in [0.2, 0.25) is 0 Å². The Morgan fingerprint density at radius 1 is 1.12 bits per heavy atom. The lowest BCUT2D eigenvalue weighted by Crippen LogP contribution is -2.24. The summed E-state index contributed by atoms with van der Waals surface area (Å²) in [5.74, 6) is 0. The number of halogens is 2. The lowest BCUT2D eigenvalue weighted by Gasteiger charge is -2.07. The van der Waals surface area contributed by atoms with Gasteiger partial charge >= 0.3 is 6.03 Å². The number of aromatic nitrogens is 1. The van der Waals surface area contributed by atoms with Gasteiger partial charge in [0.25, 0.3) is 0 Å². The Morgan fingerprint density at radius 2 is 1.92 bits per heavy atom. The number of rotatable bonds is 4. The van der Waals surface area contributed by atoms with Crippen LogP contribution in [0, 0.1) is 0 Å². The number of urea groups is 1. The van der Waals surface area contributed by atoms with Crippen molar-refractivity contribution in [2.45, 2.75) is 0 Å². The lowest BCUT2D eigenvalue weighted by molar-refractivity contribution is 0.252. The average Bonchev–Trinajstić information content (AvgIpc) is 3.04. The zero-order chi connectivity index (χ0) is 17.6. The standard InChI is InChI=1S/C18H14BrClN4O/c19-13-6-8-16(9-7-13)24-10-2-5-17(24)12-21-23-18(25)22-15-4-1-3-14(20)11-15/h1-12H,(H2,22,23,25)/b21-12+. The van der Waals surface area contributed by atoms with E-state index in [-0.39, 0.29) is 0 Å². The molecule has 2 aromatic carbocycles. The summed E-state index contributed by atoms with van der Waals surface area (Å²) in [6.07, 6.45) is 3.51. The summed E-state index contributed by atoms with van der Waals surface area (Å²) in [5, 5.41) is 7.19. The third-order valence-electron chi connectivity index (χ3n) is 3.33. The number of nitrogens with zero attached hydrogens (tertiary/aromatic N) is 2. The van der Waals surface area contributed by atoms with E-state index in [0.717, 1.165) is 15.9 Å². The zero-order valence-corrected chi connectivity index (χ0v) is 15.3. The summed E-state index contributed by atoms with van der Waals surface area (Å²) in [6.45, 7) is 0. The third kappa shape index (κ3) is 4.71. The maximum atomic E-state index is 11.9. The monoisotopic (exact) mass is 416 g/mol. The fourth-order valence-electron chi connectivity index (χ4n) is 2.22. The van der Waals surface area contributed by atoms with Crippen LogP contribution in [0.25, 0.3) is 5.69 Å². The van der Waals surface area contributed by atoms with Gasteiger partial charge in [-0.05, 0) is 54.6 Å². The molecule has 2 N–H and O–H groups in total. The smallest absolute Gasteiger partial charge is 0.316 e. The van der Waals surface area contributed by atoms with Gasteiger partial charge in [-0.2, -0.15) is 5.10 Å². The van der Waals surface area contributed by atoms with Gasteiger partial charge in [-0.3, -0.25) is 0 Å². The molecular formula is C18H14BrClN4O. The molecule has 2 amide bonds. The summed E-state index contributed by atoms with van der Waals surface area (Å²) >= 11 is 9.30. The lowest BCUT2D eigenvalue weighted by atomic mass is 10.3. The summed E-state index contributed by atoms with van der Waals surface area (Å²) in [4.78, 5) is 11.9. The minimum atomic E-state index is -0.444. The van der Waals surface area contributed by atoms with Gasteiger partial charge in [-0.15, -0.1) is 0 Å². The highest BCUT2D eigenvalue weighted by Crippen LogP contribution is 2.16. The van der Waals surface area contributed by atoms with Crippen molar-refractivity contribution in [2.75, 3.05) is 5.32 Å². The molecule has 0 unspecified atom stereocenters. The van der Waals surface area contributed by atoms with Crippen molar-refractivity contribution in [1.82, 2.24) is 9.99 Å². The first-order chi connectivity index (χ1) is 12.1. The molecule has 126 valence electrons. The van der Waals surface area contributed by atoms with Gasteiger partial charge in [-0.25, -0.2) is 10.2 Å². The fourth-order valence-corrected chi connectivity index (χ4v) is 2.67. The number of carbonyl (C=O) groups is 1. The molecule has 0 spiro atoms. The van der Waals surface area contributed by atoms with E-state index in [1.54, 1.807) is 30.5 Å². The first-order valence-corrected chi connectivity index (χ1v) is 8.58. The largest absolute Gasteiger partial charge is 0.339 e. The predicted octanol–water partition coefficient (Wildman–Crippen LogP) is 5.05. The minimum Gasteiger partial charge on any atom is -0.316 e. The van der Waals surface area contributed by atoms with E-state index in [1.165, 1.54) is 0 Å². The average molecular weight is 418 g/mol. The van der Waals surface area contributed by atoms with Crippen LogP contribution in [0.5, 0.6) is 0 Å². The maximum absolute atomic E-state index is 11.9. The molecule has 0 bridgehead atoms. The van der Waals surface area contributed by atoms with E-state index < -0.39 is 6.03 Å². The number of benzene rings is 2. The molecule has 25 heavy (non-hydrogen) atoms. The van der Waals surface area contributed by atoms with Crippen LogP contribution in [-0.4, -0.2) is 16.8 Å². The van der Waals surface area contributed by atoms with Crippen LogP contribution >= 0.6 is 27.5 Å². The quantitative estimate of drug-likeness (QED) is 0.453. The number of anilines is 1. The second-order valence-corrected chi connectivity index (χ2v) is 6.47. The van der Waals surface area contributed by atoms with Gasteiger partial charge in [0.1, 0.15) is 0 Å². The Hall–Kier alpha value is -2.57. The molecular weight excluding hydrogens is 404 g/mol. The molecule has 5 nitrogen and oxygen atoms in total. The Balaban J connectivity index is 1.64. The maximum Gasteiger partial charge on any atom is 0.339 e. The Labute approximate surface area is 158 Å². The van der Waals surface area contributed by atoms with Crippen molar-refractivity contribution in [3.63, 3.8) is 0 Å². The Morgan fingerprint density at radius 3 is 2.68 bits per heavy atom. The molecule has 0 aliphatic carbocycles. The van der Waals surface area contributed by atoms with E-state index in [4.69, 9.17) is 11.6 Å². The molecule has 0 saturated carbocycles. The van der Waals surface area contributed by atoms with Crippen molar-refractivity contribution in [2.24, 2.45) is 5.10 Å². The van der Waals surface area contributed by atoms with Crippen LogP contribution in [0.15, 0.2) is 76.4 Å². The molecule has 0 radical (unpaired) electrons. The predicted molar refractivity (Wildman–Crippen MR) is 105 cm³/mol. The van der Waals surface area contributed by atoms with Gasteiger partial charge in [0.15, 0.2) is 0 Å². The van der Waals surface area contributed by atoms with E-state index in [0.29, 0.717) is 10.7 Å². The topological polar surface area (TPSA) is 58.4 Å². The van der Waals surface area contributed by atoms with E-state index in [9.17, 15) is 4.79 Å². The minimum absolute atomic E-state index is 0.444. The molecule has 0 atom stereocenters. The Bertz CT molecular complexity index is 905. The van der Waals surface area contributed by atoms with Crippen molar-refractivity contribution >= 4 is 45.5 Å². The highest BCUT2D eigenvalue weighted by molar-refractivity contribution is 9.10. The number of hydrogen-bond donors (Lipinski definition) is 2. The van der Waals surface area contributed by atoms with Crippen molar-refractivity contribution < 1.29 is 4.79 Å². The highest BCUT2D eigenvalue weighted by Gasteiger charge is 2.03. The van der Waals surface area contributed by atoms with Crippen LogP contribution in [0.3, 0.4) is 0 Å². The normalized spacial score (nSPS) is 10.8. The zero-order valence-electron chi connectivity index (χ0n) is 13.0. The number of hydrazone groups is 1. The highest BCUT2D eigenvalue weighted by atomic mass is 79.9. The van der Waals surface area contributed by atoms with Crippen LogP contribution in [0.4, 0.5) is 10.5 Å². The third-order valence-corrected chi connectivity index (χ3v) is 4.09. The molecule has 3 aromatic rings. The molecule has 3 rings (SSSR count). The molecule has 0 aliphatic heterocycles. The van der Waals surface area contributed by atoms with Crippen LogP contribution in [-0.2, 0) is 0 Å². The Kier molecular flexibility index (Phi) is 5.53. The molecule has 1 heterocycles. The van der Waals surface area contributed by atoms with E-state index in [2.05, 4.69) is 31.8 Å². The summed E-state index contributed by atoms with van der Waals surface area (Å²) < 4.78 is 2.98. The first-order valence-electron chi connectivity index (χ1n) is 7.41. The van der Waals surface area contributed by atoms with Crippen molar-refractivity contribution in [1.29, 1.82) is 0 Å². The summed E-state index contributed by atoms with van der Waals surface area (Å²) in [6, 6.07) is 18.2. The fraction of sp³-hybridized carbons (Fsp3) is 0. The van der Waals surface area contributed by atoms with Gasteiger partial charge in [0.05, 0.1) is 11.9 Å². The van der Waals surface area contributed by atoms with Crippen LogP contribution < -0.4 is 10.7 Å². The van der Waals surface area contributed by atoms with Crippen molar-refractivity contribution in [3.8, 4) is 5.69 Å². The summed E-state index contributed by atoms with van der Waals surface area (Å²) in [7, 11) is 0. The van der Waals surface area contributed by atoms with Crippen molar-refractivity contribution in [3.05, 3.63) is 82.0 Å². The van der Waals surface area contributed by atoms with Gasteiger partial charge in [0, 0.05) is 27.1 Å². The van der Waals surface area contributed by atoms with Crippen LogP contribution in [0.2, 0.25) is 5.02 Å². The van der Waals surface area contributed by atoms with Gasteiger partial charge < -0.3 is 9.88 Å². The summed E-state index contributed by atoms with van der Waals surface area (Å²) in [5.41, 5.74) is 4.86. The molecule has 1 aromatic heterocycles. The first kappa shape index (κ1) is 17.3. The molecule has 0 aliphatic rings.